The fourth-order valence-corrected chi connectivity index (χ4v) is 2.83. The third-order valence-corrected chi connectivity index (χ3v) is 4.26. The molecule has 0 radical (unpaired) electrons. The molecule has 29 heavy (non-hydrogen) atoms. The third kappa shape index (κ3) is 6.19. The summed E-state index contributed by atoms with van der Waals surface area (Å²) in [5.74, 6) is -1.50. The Morgan fingerprint density at radius 2 is 1.76 bits per heavy atom. The molecule has 0 aliphatic rings. The summed E-state index contributed by atoms with van der Waals surface area (Å²) >= 11 is 6.00. The highest BCUT2D eigenvalue weighted by atomic mass is 35.5. The quantitative estimate of drug-likeness (QED) is 0.708. The van der Waals surface area contributed by atoms with Crippen LogP contribution in [0.3, 0.4) is 0 Å². The van der Waals surface area contributed by atoms with Crippen molar-refractivity contribution in [2.75, 3.05) is 0 Å². The Bertz CT molecular complexity index is 914. The molecular weight excluding hydrogens is 392 g/mol. The van der Waals surface area contributed by atoms with E-state index in [9.17, 15) is 14.7 Å². The molecule has 0 saturated carbocycles. The fraction of sp³-hybridized carbons (Fsp3) is 0.409. The molecule has 2 rings (SSSR count). The van der Waals surface area contributed by atoms with Gasteiger partial charge in [-0.15, -0.1) is 0 Å². The summed E-state index contributed by atoms with van der Waals surface area (Å²) in [6.45, 7) is 10.7. The highest BCUT2D eigenvalue weighted by molar-refractivity contribution is 6.30. The maximum Gasteiger partial charge on any atom is 0.329 e. The molecule has 0 saturated heterocycles. The van der Waals surface area contributed by atoms with Crippen LogP contribution in [-0.2, 0) is 9.53 Å². The maximum absolute atomic E-state index is 12.7. The summed E-state index contributed by atoms with van der Waals surface area (Å²) in [5.41, 5.74) is -0.0956. The molecule has 1 aromatic carbocycles. The summed E-state index contributed by atoms with van der Waals surface area (Å²) in [7, 11) is 0. The monoisotopic (exact) mass is 418 g/mol. The standard InChI is InChI=1S/C22H27ClN2O4/c1-21(2,3)18(20(28)29-22(4,5)6)25-19(27)17-16(26)11-14(12-24-17)13-8-7-9-15(23)10-13/h7-12,18,26H,1-6H3,(H,25,27). The highest BCUT2D eigenvalue weighted by Gasteiger charge is 2.36. The number of pyridine rings is 1. The van der Waals surface area contributed by atoms with Gasteiger partial charge in [0.25, 0.3) is 5.91 Å². The van der Waals surface area contributed by atoms with Crippen LogP contribution in [0.25, 0.3) is 11.1 Å². The molecule has 1 heterocycles. The Hall–Kier alpha value is -2.60. The van der Waals surface area contributed by atoms with E-state index in [4.69, 9.17) is 16.3 Å². The number of esters is 1. The van der Waals surface area contributed by atoms with Crippen molar-refractivity contribution in [1.29, 1.82) is 0 Å². The van der Waals surface area contributed by atoms with Crippen LogP contribution < -0.4 is 5.32 Å². The second kappa shape index (κ2) is 8.41. The topological polar surface area (TPSA) is 88.5 Å². The summed E-state index contributed by atoms with van der Waals surface area (Å²) < 4.78 is 5.43. The van der Waals surface area contributed by atoms with Crippen LogP contribution in [0.15, 0.2) is 36.5 Å². The average Bonchev–Trinajstić information content (AvgIpc) is 2.56. The average molecular weight is 419 g/mol. The summed E-state index contributed by atoms with van der Waals surface area (Å²) in [6, 6.07) is 7.60. The normalized spacial score (nSPS) is 12.9. The number of aromatic hydroxyl groups is 1. The molecule has 1 atom stereocenters. The van der Waals surface area contributed by atoms with Crippen molar-refractivity contribution in [3.05, 3.63) is 47.2 Å². The lowest BCUT2D eigenvalue weighted by Crippen LogP contribution is -2.51. The van der Waals surface area contributed by atoms with E-state index in [1.54, 1.807) is 39.0 Å². The van der Waals surface area contributed by atoms with E-state index in [1.807, 2.05) is 26.8 Å². The van der Waals surface area contributed by atoms with Crippen molar-refractivity contribution in [1.82, 2.24) is 10.3 Å². The third-order valence-electron chi connectivity index (χ3n) is 4.02. The number of amides is 1. The first-order chi connectivity index (χ1) is 13.3. The SMILES string of the molecule is CC(C)(C)OC(=O)C(NC(=O)c1ncc(-c2cccc(Cl)c2)cc1O)C(C)(C)C. The number of ether oxygens (including phenoxy) is 1. The second-order valence-corrected chi connectivity index (χ2v) is 9.34. The first kappa shape index (κ1) is 22.7. The van der Waals surface area contributed by atoms with Crippen LogP contribution in [0.1, 0.15) is 52.0 Å². The van der Waals surface area contributed by atoms with E-state index in [0.29, 0.717) is 10.6 Å². The van der Waals surface area contributed by atoms with Gasteiger partial charge in [0.05, 0.1) is 0 Å². The van der Waals surface area contributed by atoms with Crippen LogP contribution in [0.5, 0.6) is 5.75 Å². The van der Waals surface area contributed by atoms with Gasteiger partial charge in [-0.2, -0.15) is 0 Å². The first-order valence-corrected chi connectivity index (χ1v) is 9.64. The molecule has 2 aromatic rings. The molecule has 6 nitrogen and oxygen atoms in total. The number of benzene rings is 1. The Labute approximate surface area is 176 Å². The molecule has 2 N–H and O–H groups in total. The number of rotatable bonds is 4. The predicted octanol–water partition coefficient (Wildman–Crippen LogP) is 4.59. The molecule has 0 spiro atoms. The zero-order valence-electron chi connectivity index (χ0n) is 17.5. The summed E-state index contributed by atoms with van der Waals surface area (Å²) in [6.07, 6.45) is 1.47. The van der Waals surface area contributed by atoms with Crippen LogP contribution >= 0.6 is 11.6 Å². The van der Waals surface area contributed by atoms with Crippen LogP contribution in [0, 0.1) is 5.41 Å². The largest absolute Gasteiger partial charge is 0.505 e. The molecule has 1 unspecified atom stereocenters. The van der Waals surface area contributed by atoms with E-state index in [2.05, 4.69) is 10.3 Å². The predicted molar refractivity (Wildman–Crippen MR) is 113 cm³/mol. The van der Waals surface area contributed by atoms with Gasteiger partial charge in [-0.05, 0) is 49.9 Å². The van der Waals surface area contributed by atoms with E-state index in [-0.39, 0.29) is 11.4 Å². The molecule has 1 aromatic heterocycles. The van der Waals surface area contributed by atoms with Gasteiger partial charge >= 0.3 is 5.97 Å². The molecule has 0 aliphatic heterocycles. The van der Waals surface area contributed by atoms with Gasteiger partial charge in [0.2, 0.25) is 0 Å². The van der Waals surface area contributed by atoms with E-state index < -0.39 is 28.9 Å². The van der Waals surface area contributed by atoms with Gasteiger partial charge in [0.15, 0.2) is 5.69 Å². The lowest BCUT2D eigenvalue weighted by Gasteiger charge is -2.32. The van der Waals surface area contributed by atoms with E-state index in [0.717, 1.165) is 5.56 Å². The first-order valence-electron chi connectivity index (χ1n) is 9.26. The second-order valence-electron chi connectivity index (χ2n) is 8.91. The molecule has 0 aliphatic carbocycles. The van der Waals surface area contributed by atoms with Crippen molar-refractivity contribution < 1.29 is 19.4 Å². The summed E-state index contributed by atoms with van der Waals surface area (Å²) in [5, 5.41) is 13.6. The number of nitrogens with zero attached hydrogens (tertiary/aromatic N) is 1. The number of hydrogen-bond donors (Lipinski definition) is 2. The van der Waals surface area contributed by atoms with Crippen molar-refractivity contribution in [2.24, 2.45) is 5.41 Å². The van der Waals surface area contributed by atoms with Gasteiger partial charge in [0.1, 0.15) is 17.4 Å². The number of carbonyl (C=O) groups excluding carboxylic acids is 2. The Morgan fingerprint density at radius 3 is 2.28 bits per heavy atom. The molecule has 0 fully saturated rings. The fourth-order valence-electron chi connectivity index (χ4n) is 2.64. The molecule has 1 amide bonds. The van der Waals surface area contributed by atoms with Crippen LogP contribution in [0.2, 0.25) is 5.02 Å². The number of aromatic nitrogens is 1. The van der Waals surface area contributed by atoms with Crippen molar-refractivity contribution >= 4 is 23.5 Å². The Balaban J connectivity index is 2.27. The van der Waals surface area contributed by atoms with Gasteiger partial charge in [-0.1, -0.05) is 44.5 Å². The lowest BCUT2D eigenvalue weighted by molar-refractivity contribution is -0.160. The number of halogens is 1. The lowest BCUT2D eigenvalue weighted by atomic mass is 9.86. The zero-order valence-corrected chi connectivity index (χ0v) is 18.3. The van der Waals surface area contributed by atoms with Crippen molar-refractivity contribution in [2.45, 2.75) is 53.2 Å². The number of nitrogens with one attached hydrogen (secondary N) is 1. The number of hydrogen-bond acceptors (Lipinski definition) is 5. The van der Waals surface area contributed by atoms with Gasteiger partial charge in [0, 0.05) is 16.8 Å². The molecular formula is C22H27ClN2O4. The minimum atomic E-state index is -0.914. The van der Waals surface area contributed by atoms with Gasteiger partial charge in [-0.3, -0.25) is 4.79 Å². The Morgan fingerprint density at radius 1 is 1.10 bits per heavy atom. The number of carbonyl (C=O) groups is 2. The molecule has 7 heteroatoms. The van der Waals surface area contributed by atoms with Gasteiger partial charge in [-0.25, -0.2) is 9.78 Å². The van der Waals surface area contributed by atoms with Crippen LogP contribution in [0.4, 0.5) is 0 Å². The van der Waals surface area contributed by atoms with Crippen molar-refractivity contribution in [3.8, 4) is 16.9 Å². The van der Waals surface area contributed by atoms with E-state index >= 15 is 0 Å². The molecule has 156 valence electrons. The Kier molecular flexibility index (Phi) is 6.58. The maximum atomic E-state index is 12.7. The van der Waals surface area contributed by atoms with E-state index in [1.165, 1.54) is 12.3 Å². The molecule has 0 bridgehead atoms. The smallest absolute Gasteiger partial charge is 0.329 e. The minimum absolute atomic E-state index is 0.173. The zero-order chi connectivity index (χ0) is 22.0. The van der Waals surface area contributed by atoms with Crippen molar-refractivity contribution in [3.63, 3.8) is 0 Å². The van der Waals surface area contributed by atoms with Crippen LogP contribution in [-0.4, -0.2) is 33.6 Å². The highest BCUT2D eigenvalue weighted by Crippen LogP contribution is 2.28. The summed E-state index contributed by atoms with van der Waals surface area (Å²) in [4.78, 5) is 29.4. The van der Waals surface area contributed by atoms with Gasteiger partial charge < -0.3 is 15.2 Å². The minimum Gasteiger partial charge on any atom is -0.505 e.